The molecule has 1 aromatic rings. The molecule has 1 saturated carbocycles. The summed E-state index contributed by atoms with van der Waals surface area (Å²) in [4.78, 5) is 25.8. The first-order chi connectivity index (χ1) is 9.42. The molecule has 4 nitrogen and oxygen atoms in total. The Hall–Kier alpha value is -1.84. The minimum atomic E-state index is -0.941. The molecule has 0 aromatic heterocycles. The fraction of sp³-hybridized carbons (Fsp3) is 0.500. The molecule has 1 amide bonds. The van der Waals surface area contributed by atoms with Crippen LogP contribution in [0.2, 0.25) is 0 Å². The zero-order valence-corrected chi connectivity index (χ0v) is 11.8. The summed E-state index contributed by atoms with van der Waals surface area (Å²) in [5.41, 5.74) is 1.83. The molecule has 1 aromatic carbocycles. The highest BCUT2D eigenvalue weighted by Gasteiger charge is 2.53. The van der Waals surface area contributed by atoms with E-state index in [9.17, 15) is 14.7 Å². The van der Waals surface area contributed by atoms with E-state index in [4.69, 9.17) is 0 Å². The third-order valence-electron chi connectivity index (χ3n) is 4.61. The second-order valence-corrected chi connectivity index (χ2v) is 6.47. The van der Waals surface area contributed by atoms with Gasteiger partial charge in [-0.3, -0.25) is 4.79 Å². The topological polar surface area (TPSA) is 57.6 Å². The average molecular weight is 273 g/mol. The Kier molecular flexibility index (Phi) is 2.85. The van der Waals surface area contributed by atoms with Gasteiger partial charge in [0.1, 0.15) is 0 Å². The van der Waals surface area contributed by atoms with E-state index >= 15 is 0 Å². The number of carbonyl (C=O) groups excluding carboxylic acids is 1. The van der Waals surface area contributed by atoms with E-state index in [2.05, 4.69) is 13.8 Å². The molecule has 0 radical (unpaired) electrons. The third-order valence-corrected chi connectivity index (χ3v) is 4.61. The highest BCUT2D eigenvalue weighted by atomic mass is 16.4. The Morgan fingerprint density at radius 3 is 2.55 bits per heavy atom. The highest BCUT2D eigenvalue weighted by molar-refractivity contribution is 5.88. The summed E-state index contributed by atoms with van der Waals surface area (Å²) in [6, 6.07) is 6.70. The Labute approximate surface area is 118 Å². The van der Waals surface area contributed by atoms with Crippen LogP contribution in [0.4, 0.5) is 0 Å². The summed E-state index contributed by atoms with van der Waals surface area (Å²) >= 11 is 0. The lowest BCUT2D eigenvalue weighted by Gasteiger charge is -2.35. The molecule has 2 aliphatic rings. The van der Waals surface area contributed by atoms with Gasteiger partial charge >= 0.3 is 5.97 Å². The molecular formula is C16H19NO3. The summed E-state index contributed by atoms with van der Waals surface area (Å²) in [5.74, 6) is -0.963. The number of nitrogens with zero attached hydrogens (tertiary/aromatic N) is 1. The highest BCUT2D eigenvalue weighted by Crippen LogP contribution is 2.53. The van der Waals surface area contributed by atoms with Gasteiger partial charge in [0.2, 0.25) is 5.91 Å². The largest absolute Gasteiger partial charge is 0.479 e. The van der Waals surface area contributed by atoms with Crippen molar-refractivity contribution >= 4 is 11.9 Å². The van der Waals surface area contributed by atoms with Gasteiger partial charge in [-0.25, -0.2) is 4.79 Å². The van der Waals surface area contributed by atoms with Crippen LogP contribution in [0.5, 0.6) is 0 Å². The molecule has 2 atom stereocenters. The van der Waals surface area contributed by atoms with Gasteiger partial charge in [-0.1, -0.05) is 38.1 Å². The van der Waals surface area contributed by atoms with Crippen LogP contribution in [0, 0.1) is 11.3 Å². The van der Waals surface area contributed by atoms with Crippen molar-refractivity contribution in [1.29, 1.82) is 0 Å². The fourth-order valence-electron chi connectivity index (χ4n) is 3.16. The monoisotopic (exact) mass is 273 g/mol. The number of benzene rings is 1. The minimum Gasteiger partial charge on any atom is -0.479 e. The number of hydrogen-bond donors (Lipinski definition) is 1. The van der Waals surface area contributed by atoms with Crippen LogP contribution in [-0.2, 0) is 16.0 Å². The summed E-state index contributed by atoms with van der Waals surface area (Å²) in [5, 5.41) is 9.54. The smallest absolute Gasteiger partial charge is 0.331 e. The lowest BCUT2D eigenvalue weighted by atomic mass is 9.92. The molecule has 0 bridgehead atoms. The molecule has 1 N–H and O–H groups in total. The molecule has 1 aliphatic carbocycles. The second-order valence-electron chi connectivity index (χ2n) is 6.47. The quantitative estimate of drug-likeness (QED) is 0.899. The van der Waals surface area contributed by atoms with Crippen LogP contribution in [0.3, 0.4) is 0 Å². The molecule has 1 heterocycles. The molecule has 2 unspecified atom stereocenters. The molecule has 4 heteroatoms. The normalized spacial score (nSPS) is 26.8. The molecule has 20 heavy (non-hydrogen) atoms. The second kappa shape index (κ2) is 4.33. The first kappa shape index (κ1) is 13.2. The van der Waals surface area contributed by atoms with E-state index in [0.717, 1.165) is 24.0 Å². The van der Waals surface area contributed by atoms with Crippen molar-refractivity contribution in [3.05, 3.63) is 35.4 Å². The van der Waals surface area contributed by atoms with Gasteiger partial charge in [-0.05, 0) is 29.4 Å². The molecule has 1 aliphatic heterocycles. The van der Waals surface area contributed by atoms with Crippen molar-refractivity contribution in [1.82, 2.24) is 4.90 Å². The number of rotatable bonds is 2. The van der Waals surface area contributed by atoms with Gasteiger partial charge in [0.15, 0.2) is 6.04 Å². The Bertz CT molecular complexity index is 579. The summed E-state index contributed by atoms with van der Waals surface area (Å²) < 4.78 is 0. The lowest BCUT2D eigenvalue weighted by Crippen LogP contribution is -2.44. The third kappa shape index (κ3) is 1.99. The van der Waals surface area contributed by atoms with E-state index < -0.39 is 12.0 Å². The molecular weight excluding hydrogens is 254 g/mol. The summed E-state index contributed by atoms with van der Waals surface area (Å²) in [6.07, 6.45) is 1.59. The predicted octanol–water partition coefficient (Wildman–Crippen LogP) is 2.24. The number of amides is 1. The molecule has 0 spiro atoms. The number of fused-ring (bicyclic) bond motifs is 1. The standard InChI is InChI=1S/C16H19NO3/c1-16(2)9-12(16)14(18)17-8-7-10-5-3-4-6-11(10)13(17)15(19)20/h3-6,12-13H,7-9H2,1-2H3,(H,19,20). The van der Waals surface area contributed by atoms with Crippen molar-refractivity contribution < 1.29 is 14.7 Å². The van der Waals surface area contributed by atoms with E-state index in [1.165, 1.54) is 0 Å². The SMILES string of the molecule is CC1(C)CC1C(=O)N1CCc2ccccc2C1C(=O)O. The lowest BCUT2D eigenvalue weighted by molar-refractivity contribution is -0.152. The maximum Gasteiger partial charge on any atom is 0.331 e. The average Bonchev–Trinajstić information content (AvgIpc) is 3.05. The number of carboxylic acids is 1. The molecule has 106 valence electrons. The van der Waals surface area contributed by atoms with Gasteiger partial charge < -0.3 is 10.0 Å². The fourth-order valence-corrected chi connectivity index (χ4v) is 3.16. The maximum absolute atomic E-state index is 12.6. The summed E-state index contributed by atoms with van der Waals surface area (Å²) in [6.45, 7) is 4.62. The van der Waals surface area contributed by atoms with Crippen LogP contribution >= 0.6 is 0 Å². The number of aliphatic carboxylic acids is 1. The Morgan fingerprint density at radius 2 is 1.95 bits per heavy atom. The van der Waals surface area contributed by atoms with E-state index in [0.29, 0.717) is 6.54 Å². The number of hydrogen-bond acceptors (Lipinski definition) is 2. The maximum atomic E-state index is 12.6. The van der Waals surface area contributed by atoms with Crippen molar-refractivity contribution in [3.8, 4) is 0 Å². The van der Waals surface area contributed by atoms with Gasteiger partial charge in [0.05, 0.1) is 0 Å². The van der Waals surface area contributed by atoms with Gasteiger partial charge in [0, 0.05) is 12.5 Å². The van der Waals surface area contributed by atoms with Gasteiger partial charge in [0.25, 0.3) is 0 Å². The van der Waals surface area contributed by atoms with Crippen molar-refractivity contribution in [2.24, 2.45) is 11.3 Å². The van der Waals surface area contributed by atoms with Crippen molar-refractivity contribution in [3.63, 3.8) is 0 Å². The van der Waals surface area contributed by atoms with Gasteiger partial charge in [-0.15, -0.1) is 0 Å². The Morgan fingerprint density at radius 1 is 1.30 bits per heavy atom. The van der Waals surface area contributed by atoms with Crippen molar-refractivity contribution in [2.45, 2.75) is 32.7 Å². The number of carbonyl (C=O) groups is 2. The van der Waals surface area contributed by atoms with Crippen LogP contribution in [0.1, 0.15) is 37.4 Å². The predicted molar refractivity (Wildman–Crippen MR) is 74.1 cm³/mol. The number of carboxylic acid groups (broad SMARTS) is 1. The molecule has 0 saturated heterocycles. The van der Waals surface area contributed by atoms with E-state index in [-0.39, 0.29) is 17.2 Å². The Balaban J connectivity index is 1.93. The molecule has 3 rings (SSSR count). The van der Waals surface area contributed by atoms with Crippen LogP contribution < -0.4 is 0 Å². The minimum absolute atomic E-state index is 0.00287. The zero-order valence-electron chi connectivity index (χ0n) is 11.8. The van der Waals surface area contributed by atoms with E-state index in [1.807, 2.05) is 24.3 Å². The zero-order chi connectivity index (χ0) is 14.5. The van der Waals surface area contributed by atoms with Crippen molar-refractivity contribution in [2.75, 3.05) is 6.54 Å². The van der Waals surface area contributed by atoms with E-state index in [1.54, 1.807) is 4.90 Å². The summed E-state index contributed by atoms with van der Waals surface area (Å²) in [7, 11) is 0. The molecule has 1 fully saturated rings. The first-order valence-corrected chi connectivity index (χ1v) is 7.03. The van der Waals surface area contributed by atoms with Gasteiger partial charge in [-0.2, -0.15) is 0 Å². The first-order valence-electron chi connectivity index (χ1n) is 7.03. The van der Waals surface area contributed by atoms with Crippen LogP contribution in [0.25, 0.3) is 0 Å². The van der Waals surface area contributed by atoms with Crippen LogP contribution in [-0.4, -0.2) is 28.4 Å². The van der Waals surface area contributed by atoms with Crippen LogP contribution in [0.15, 0.2) is 24.3 Å².